The Morgan fingerprint density at radius 1 is 1.37 bits per heavy atom. The number of benzene rings is 1. The second-order valence-corrected chi connectivity index (χ2v) is 3.71. The van der Waals surface area contributed by atoms with Crippen LogP contribution < -0.4 is 11.1 Å². The summed E-state index contributed by atoms with van der Waals surface area (Å²) in [5.74, 6) is -2.46. The third kappa shape index (κ3) is 2.91. The normalized spacial score (nSPS) is 10.5. The number of carbonyl (C=O) groups is 1. The first kappa shape index (κ1) is 13.1. The lowest BCUT2D eigenvalue weighted by Gasteiger charge is -2.05. The van der Waals surface area contributed by atoms with Crippen LogP contribution in [0, 0.1) is 11.6 Å². The standard InChI is InChI=1S/C11H11F2N5O/c12-7-2-1-3-8(13)10(7)15-11(19)9-6-18(5-4-14)17-16-9/h1-3,6H,4-5,14H2,(H,15,19). The van der Waals surface area contributed by atoms with Crippen LogP contribution in [0.1, 0.15) is 10.5 Å². The predicted molar refractivity (Wildman–Crippen MR) is 63.4 cm³/mol. The molecule has 0 atom stereocenters. The maximum atomic E-state index is 13.3. The van der Waals surface area contributed by atoms with E-state index in [-0.39, 0.29) is 5.69 Å². The van der Waals surface area contributed by atoms with Gasteiger partial charge in [0.25, 0.3) is 5.91 Å². The van der Waals surface area contributed by atoms with E-state index in [1.54, 1.807) is 0 Å². The van der Waals surface area contributed by atoms with Crippen molar-refractivity contribution < 1.29 is 13.6 Å². The summed E-state index contributed by atoms with van der Waals surface area (Å²) in [5, 5.41) is 9.36. The van der Waals surface area contributed by atoms with Gasteiger partial charge in [0.2, 0.25) is 0 Å². The van der Waals surface area contributed by atoms with Gasteiger partial charge in [-0.15, -0.1) is 5.10 Å². The Balaban J connectivity index is 2.16. The molecule has 0 aliphatic heterocycles. The number of amides is 1. The van der Waals surface area contributed by atoms with Crippen LogP contribution in [0.2, 0.25) is 0 Å². The molecule has 1 aromatic carbocycles. The Morgan fingerprint density at radius 2 is 2.05 bits per heavy atom. The average molecular weight is 267 g/mol. The van der Waals surface area contributed by atoms with E-state index in [1.165, 1.54) is 16.9 Å². The molecule has 0 bridgehead atoms. The molecule has 2 aromatic rings. The quantitative estimate of drug-likeness (QED) is 0.856. The summed E-state index contributed by atoms with van der Waals surface area (Å²) in [6.45, 7) is 0.737. The third-order valence-electron chi connectivity index (χ3n) is 2.33. The Labute approximate surface area is 107 Å². The Morgan fingerprint density at radius 3 is 2.68 bits per heavy atom. The number of nitrogens with zero attached hydrogens (tertiary/aromatic N) is 3. The molecule has 0 radical (unpaired) electrons. The van der Waals surface area contributed by atoms with Crippen LogP contribution in [0.25, 0.3) is 0 Å². The van der Waals surface area contributed by atoms with Crippen LogP contribution in [0.3, 0.4) is 0 Å². The Bertz CT molecular complexity index is 578. The van der Waals surface area contributed by atoms with Gasteiger partial charge in [0, 0.05) is 6.54 Å². The van der Waals surface area contributed by atoms with Crippen molar-refractivity contribution in [3.8, 4) is 0 Å². The van der Waals surface area contributed by atoms with E-state index in [0.29, 0.717) is 13.1 Å². The fourth-order valence-electron chi connectivity index (χ4n) is 1.44. The fraction of sp³-hybridized carbons (Fsp3) is 0.182. The summed E-state index contributed by atoms with van der Waals surface area (Å²) in [7, 11) is 0. The lowest BCUT2D eigenvalue weighted by molar-refractivity contribution is 0.102. The van der Waals surface area contributed by atoms with Crippen molar-refractivity contribution in [2.45, 2.75) is 6.54 Å². The third-order valence-corrected chi connectivity index (χ3v) is 2.33. The van der Waals surface area contributed by atoms with E-state index < -0.39 is 23.2 Å². The molecule has 0 saturated heterocycles. The van der Waals surface area contributed by atoms with Gasteiger partial charge >= 0.3 is 0 Å². The second kappa shape index (κ2) is 5.53. The number of nitrogens with two attached hydrogens (primary N) is 1. The molecule has 1 heterocycles. The molecular formula is C11H11F2N5O. The molecule has 8 heteroatoms. The maximum absolute atomic E-state index is 13.3. The van der Waals surface area contributed by atoms with Gasteiger partial charge in [-0.2, -0.15) is 0 Å². The van der Waals surface area contributed by atoms with E-state index >= 15 is 0 Å². The molecule has 0 saturated carbocycles. The number of halogens is 2. The molecule has 0 unspecified atom stereocenters. The van der Waals surface area contributed by atoms with E-state index in [4.69, 9.17) is 5.73 Å². The molecule has 0 aliphatic rings. The highest BCUT2D eigenvalue weighted by molar-refractivity contribution is 6.02. The highest BCUT2D eigenvalue weighted by atomic mass is 19.1. The van der Waals surface area contributed by atoms with Crippen LogP contribution in [0.5, 0.6) is 0 Å². The predicted octanol–water partition coefficient (Wildman–Crippen LogP) is 0.767. The van der Waals surface area contributed by atoms with E-state index in [9.17, 15) is 13.6 Å². The van der Waals surface area contributed by atoms with Crippen molar-refractivity contribution in [1.29, 1.82) is 0 Å². The van der Waals surface area contributed by atoms with Gasteiger partial charge in [0.1, 0.15) is 17.3 Å². The molecule has 0 fully saturated rings. The van der Waals surface area contributed by atoms with Crippen LogP contribution >= 0.6 is 0 Å². The minimum absolute atomic E-state index is 0.0453. The Kier molecular flexibility index (Phi) is 3.81. The molecule has 3 N–H and O–H groups in total. The number of hydrogen-bond acceptors (Lipinski definition) is 4. The van der Waals surface area contributed by atoms with Crippen molar-refractivity contribution >= 4 is 11.6 Å². The summed E-state index contributed by atoms with van der Waals surface area (Å²) in [5.41, 5.74) is 4.76. The zero-order chi connectivity index (χ0) is 13.8. The summed E-state index contributed by atoms with van der Waals surface area (Å²) in [4.78, 5) is 11.7. The zero-order valence-electron chi connectivity index (χ0n) is 9.81. The number of hydrogen-bond donors (Lipinski definition) is 2. The first-order chi connectivity index (χ1) is 9.11. The van der Waals surface area contributed by atoms with Gasteiger partial charge in [-0.05, 0) is 12.1 Å². The van der Waals surface area contributed by atoms with Gasteiger partial charge in [-0.25, -0.2) is 8.78 Å². The highest BCUT2D eigenvalue weighted by Crippen LogP contribution is 2.18. The second-order valence-electron chi connectivity index (χ2n) is 3.71. The SMILES string of the molecule is NCCn1cc(C(=O)Nc2c(F)cccc2F)nn1. The van der Waals surface area contributed by atoms with Crippen molar-refractivity contribution in [3.63, 3.8) is 0 Å². The van der Waals surface area contributed by atoms with Crippen LogP contribution in [-0.2, 0) is 6.54 Å². The van der Waals surface area contributed by atoms with E-state index in [0.717, 1.165) is 12.1 Å². The lowest BCUT2D eigenvalue weighted by Crippen LogP contribution is -2.15. The molecule has 2 rings (SSSR count). The van der Waals surface area contributed by atoms with Gasteiger partial charge in [-0.3, -0.25) is 9.48 Å². The lowest BCUT2D eigenvalue weighted by atomic mass is 10.3. The molecule has 0 aliphatic carbocycles. The van der Waals surface area contributed by atoms with Gasteiger partial charge in [0.05, 0.1) is 12.7 Å². The topological polar surface area (TPSA) is 85.8 Å². The summed E-state index contributed by atoms with van der Waals surface area (Å²) in [6, 6.07) is 3.30. The fourth-order valence-corrected chi connectivity index (χ4v) is 1.44. The number of rotatable bonds is 4. The van der Waals surface area contributed by atoms with Crippen molar-refractivity contribution in [2.75, 3.05) is 11.9 Å². The molecular weight excluding hydrogens is 256 g/mol. The molecule has 1 amide bonds. The Hall–Kier alpha value is -2.35. The van der Waals surface area contributed by atoms with Crippen molar-refractivity contribution in [2.24, 2.45) is 5.73 Å². The first-order valence-electron chi connectivity index (χ1n) is 5.47. The number of anilines is 1. The smallest absolute Gasteiger partial charge is 0.277 e. The molecule has 100 valence electrons. The zero-order valence-corrected chi connectivity index (χ0v) is 9.81. The van der Waals surface area contributed by atoms with Crippen LogP contribution in [0.4, 0.5) is 14.5 Å². The number of para-hydroxylation sites is 1. The van der Waals surface area contributed by atoms with E-state index in [2.05, 4.69) is 15.6 Å². The van der Waals surface area contributed by atoms with E-state index in [1.807, 2.05) is 0 Å². The van der Waals surface area contributed by atoms with Gasteiger partial charge in [-0.1, -0.05) is 11.3 Å². The van der Waals surface area contributed by atoms with Crippen LogP contribution in [-0.4, -0.2) is 27.4 Å². The van der Waals surface area contributed by atoms with Crippen molar-refractivity contribution in [1.82, 2.24) is 15.0 Å². The average Bonchev–Trinajstić information content (AvgIpc) is 2.83. The minimum atomic E-state index is -0.859. The summed E-state index contributed by atoms with van der Waals surface area (Å²) < 4.78 is 28.0. The number of carbonyl (C=O) groups excluding carboxylic acids is 1. The molecule has 1 aromatic heterocycles. The monoisotopic (exact) mass is 267 g/mol. The maximum Gasteiger partial charge on any atom is 0.277 e. The summed E-state index contributed by atoms with van der Waals surface area (Å²) >= 11 is 0. The largest absolute Gasteiger partial charge is 0.329 e. The van der Waals surface area contributed by atoms with Gasteiger partial charge in [0.15, 0.2) is 5.69 Å². The van der Waals surface area contributed by atoms with Gasteiger partial charge < -0.3 is 11.1 Å². The molecule has 19 heavy (non-hydrogen) atoms. The molecule has 0 spiro atoms. The van der Waals surface area contributed by atoms with Crippen LogP contribution in [0.15, 0.2) is 24.4 Å². The summed E-state index contributed by atoms with van der Waals surface area (Å²) in [6.07, 6.45) is 1.35. The van der Waals surface area contributed by atoms with Crippen molar-refractivity contribution in [3.05, 3.63) is 41.7 Å². The number of nitrogens with one attached hydrogen (secondary N) is 1. The number of aromatic nitrogens is 3. The first-order valence-corrected chi connectivity index (χ1v) is 5.47. The minimum Gasteiger partial charge on any atom is -0.329 e. The molecule has 6 nitrogen and oxygen atoms in total. The highest BCUT2D eigenvalue weighted by Gasteiger charge is 2.15.